The molecule has 4 heteroatoms. The Kier molecular flexibility index (Phi) is 4.21. The quantitative estimate of drug-likeness (QED) is 0.796. The smallest absolute Gasteiger partial charge is 0.418 e. The third kappa shape index (κ3) is 3.08. The van der Waals surface area contributed by atoms with Gasteiger partial charge in [0.25, 0.3) is 5.91 Å². The fourth-order valence-corrected chi connectivity index (χ4v) is 2.96. The minimum Gasteiger partial charge on any atom is -0.440 e. The molecule has 0 radical (unpaired) electrons. The van der Waals surface area contributed by atoms with Gasteiger partial charge in [0.1, 0.15) is 11.6 Å². The summed E-state index contributed by atoms with van der Waals surface area (Å²) in [6.07, 6.45) is 2.49. The Hall–Kier alpha value is -2.88. The van der Waals surface area contributed by atoms with Crippen molar-refractivity contribution in [1.29, 1.82) is 0 Å². The second kappa shape index (κ2) is 6.32. The lowest BCUT2D eigenvalue weighted by Gasteiger charge is -2.27. The average Bonchev–Trinajstić information content (AvgIpc) is 2.83. The largest absolute Gasteiger partial charge is 0.440 e. The fraction of sp³-hybridized carbons (Fsp3) is 0.200. The van der Waals surface area contributed by atoms with Crippen molar-refractivity contribution in [1.82, 2.24) is 4.90 Å². The topological polar surface area (TPSA) is 46.6 Å². The van der Waals surface area contributed by atoms with Gasteiger partial charge < -0.3 is 4.74 Å². The van der Waals surface area contributed by atoms with Crippen LogP contribution in [0, 0.1) is 0 Å². The van der Waals surface area contributed by atoms with Crippen molar-refractivity contribution in [2.45, 2.75) is 25.5 Å². The summed E-state index contributed by atoms with van der Waals surface area (Å²) in [5, 5.41) is 0. The molecule has 0 N–H and O–H groups in total. The van der Waals surface area contributed by atoms with Crippen LogP contribution in [0.3, 0.4) is 0 Å². The molecule has 1 aliphatic heterocycles. The van der Waals surface area contributed by atoms with Crippen LogP contribution >= 0.6 is 0 Å². The first-order valence-corrected chi connectivity index (χ1v) is 7.83. The van der Waals surface area contributed by atoms with Crippen LogP contribution in [0.25, 0.3) is 6.08 Å². The maximum Gasteiger partial charge on any atom is 0.418 e. The molecule has 1 saturated heterocycles. The van der Waals surface area contributed by atoms with Crippen molar-refractivity contribution >= 4 is 18.1 Å². The Bertz CT molecular complexity index is 766. The minimum absolute atomic E-state index is 0.386. The summed E-state index contributed by atoms with van der Waals surface area (Å²) in [5.41, 5.74) is 0.984. The lowest BCUT2D eigenvalue weighted by molar-refractivity contribution is -0.124. The molecule has 1 unspecified atom stereocenters. The lowest BCUT2D eigenvalue weighted by Crippen LogP contribution is -2.37. The van der Waals surface area contributed by atoms with E-state index in [2.05, 4.69) is 0 Å². The number of carbonyl (C=O) groups is 2. The van der Waals surface area contributed by atoms with Crippen molar-refractivity contribution in [3.05, 3.63) is 77.9 Å². The lowest BCUT2D eigenvalue weighted by atomic mass is 9.91. The summed E-state index contributed by atoms with van der Waals surface area (Å²) in [6, 6.07) is 18.5. The highest BCUT2D eigenvalue weighted by Gasteiger charge is 2.50. The average molecular weight is 321 g/mol. The molecule has 24 heavy (non-hydrogen) atoms. The molecule has 1 aliphatic rings. The maximum absolute atomic E-state index is 12.6. The third-order valence-corrected chi connectivity index (χ3v) is 4.03. The van der Waals surface area contributed by atoms with Gasteiger partial charge in [0, 0.05) is 6.08 Å². The predicted molar refractivity (Wildman–Crippen MR) is 92.1 cm³/mol. The van der Waals surface area contributed by atoms with Crippen molar-refractivity contribution in [3.63, 3.8) is 0 Å². The van der Waals surface area contributed by atoms with E-state index in [4.69, 9.17) is 4.74 Å². The Balaban J connectivity index is 1.91. The zero-order chi connectivity index (χ0) is 17.2. The van der Waals surface area contributed by atoms with Crippen LogP contribution in [0.15, 0.2) is 66.7 Å². The number of ether oxygens (including phenoxy) is 1. The Labute approximate surface area is 141 Å². The van der Waals surface area contributed by atoms with Crippen LogP contribution in [0.4, 0.5) is 4.79 Å². The van der Waals surface area contributed by atoms with Gasteiger partial charge in [-0.3, -0.25) is 4.79 Å². The summed E-state index contributed by atoms with van der Waals surface area (Å²) in [4.78, 5) is 26.1. The molecule has 4 nitrogen and oxygen atoms in total. The van der Waals surface area contributed by atoms with Gasteiger partial charge in [-0.2, -0.15) is 0 Å². The van der Waals surface area contributed by atoms with Gasteiger partial charge in [-0.05, 0) is 31.1 Å². The molecular formula is C20H19NO3. The molecular weight excluding hydrogens is 302 g/mol. The van der Waals surface area contributed by atoms with E-state index in [1.54, 1.807) is 6.08 Å². The summed E-state index contributed by atoms with van der Waals surface area (Å²) >= 11 is 0. The maximum atomic E-state index is 12.6. The number of hydrogen-bond acceptors (Lipinski definition) is 3. The van der Waals surface area contributed by atoms with Crippen molar-refractivity contribution in [3.8, 4) is 0 Å². The van der Waals surface area contributed by atoms with Crippen molar-refractivity contribution in [2.75, 3.05) is 0 Å². The van der Waals surface area contributed by atoms with E-state index in [9.17, 15) is 9.59 Å². The first kappa shape index (κ1) is 16.0. The fourth-order valence-electron chi connectivity index (χ4n) is 2.96. The van der Waals surface area contributed by atoms with Gasteiger partial charge in [-0.25, -0.2) is 9.69 Å². The summed E-state index contributed by atoms with van der Waals surface area (Å²) in [5.74, 6) is -0.386. The van der Waals surface area contributed by atoms with Crippen LogP contribution in [-0.2, 0) is 9.53 Å². The molecule has 122 valence electrons. The zero-order valence-corrected chi connectivity index (χ0v) is 13.7. The number of rotatable bonds is 3. The Morgan fingerprint density at radius 1 is 1.04 bits per heavy atom. The molecule has 2 aromatic carbocycles. The molecule has 0 aromatic heterocycles. The number of cyclic esters (lactones) is 1. The molecule has 1 heterocycles. The van der Waals surface area contributed by atoms with E-state index in [0.29, 0.717) is 0 Å². The SMILES string of the molecule is CC1(C)OC(=O)N(C(=O)/C=C/c2ccccc2)C1c1ccccc1. The van der Waals surface area contributed by atoms with Crippen LogP contribution in [0.2, 0.25) is 0 Å². The third-order valence-electron chi connectivity index (χ3n) is 4.03. The van der Waals surface area contributed by atoms with Gasteiger partial charge in [-0.15, -0.1) is 0 Å². The summed E-state index contributed by atoms with van der Waals surface area (Å²) < 4.78 is 5.43. The zero-order valence-electron chi connectivity index (χ0n) is 13.7. The standard InChI is InChI=1S/C20H19NO3/c1-20(2)18(16-11-7-4-8-12-16)21(19(23)24-20)17(22)14-13-15-9-5-3-6-10-15/h3-14,18H,1-2H3/b14-13+. The van der Waals surface area contributed by atoms with Gasteiger partial charge in [0.2, 0.25) is 0 Å². The van der Waals surface area contributed by atoms with Gasteiger partial charge >= 0.3 is 6.09 Å². The van der Waals surface area contributed by atoms with Gasteiger partial charge in [0.15, 0.2) is 0 Å². The molecule has 0 spiro atoms. The Morgan fingerprint density at radius 3 is 2.25 bits per heavy atom. The summed E-state index contributed by atoms with van der Waals surface area (Å²) in [7, 11) is 0. The van der Waals surface area contributed by atoms with E-state index >= 15 is 0 Å². The normalized spacial score (nSPS) is 19.5. The number of carbonyl (C=O) groups excluding carboxylic acids is 2. The van der Waals surface area contributed by atoms with Crippen LogP contribution in [-0.4, -0.2) is 22.5 Å². The second-order valence-corrected chi connectivity index (χ2v) is 6.24. The van der Waals surface area contributed by atoms with Crippen molar-refractivity contribution in [2.24, 2.45) is 0 Å². The summed E-state index contributed by atoms with van der Waals surface area (Å²) in [6.45, 7) is 3.63. The number of benzene rings is 2. The molecule has 0 saturated carbocycles. The van der Waals surface area contributed by atoms with E-state index in [1.807, 2.05) is 74.5 Å². The molecule has 2 amide bonds. The highest BCUT2D eigenvalue weighted by atomic mass is 16.6. The molecule has 0 aliphatic carbocycles. The van der Waals surface area contributed by atoms with E-state index < -0.39 is 17.7 Å². The predicted octanol–water partition coefficient (Wildman–Crippen LogP) is 4.20. The molecule has 0 bridgehead atoms. The van der Waals surface area contributed by atoms with Crippen molar-refractivity contribution < 1.29 is 14.3 Å². The molecule has 2 aromatic rings. The van der Waals surface area contributed by atoms with E-state index in [0.717, 1.165) is 11.1 Å². The van der Waals surface area contributed by atoms with Gasteiger partial charge in [-0.1, -0.05) is 60.7 Å². The van der Waals surface area contributed by atoms with E-state index in [1.165, 1.54) is 11.0 Å². The number of amides is 2. The van der Waals surface area contributed by atoms with Crippen LogP contribution < -0.4 is 0 Å². The monoisotopic (exact) mass is 321 g/mol. The molecule has 3 rings (SSSR count). The first-order chi connectivity index (χ1) is 11.5. The minimum atomic E-state index is -0.783. The number of imide groups is 1. The molecule has 1 fully saturated rings. The van der Waals surface area contributed by atoms with Gasteiger partial charge in [0.05, 0.1) is 0 Å². The second-order valence-electron chi connectivity index (χ2n) is 6.24. The first-order valence-electron chi connectivity index (χ1n) is 7.83. The highest BCUT2D eigenvalue weighted by molar-refractivity contribution is 6.02. The van der Waals surface area contributed by atoms with E-state index in [-0.39, 0.29) is 5.91 Å². The molecule has 1 atom stereocenters. The highest BCUT2D eigenvalue weighted by Crippen LogP contribution is 2.41. The number of hydrogen-bond donors (Lipinski definition) is 0. The van der Waals surface area contributed by atoms with Crippen LogP contribution in [0.1, 0.15) is 31.0 Å². The Morgan fingerprint density at radius 2 is 1.62 bits per heavy atom. The number of nitrogens with zero attached hydrogens (tertiary/aromatic N) is 1. The van der Waals surface area contributed by atoms with Crippen LogP contribution in [0.5, 0.6) is 0 Å².